The minimum Gasteiger partial charge on any atom is -0.493 e. The first-order chi connectivity index (χ1) is 14.6. The van der Waals surface area contributed by atoms with Crippen molar-refractivity contribution in [2.75, 3.05) is 14.2 Å². The number of carbonyl (C=O) groups is 1. The Hall–Kier alpha value is -3.10. The largest absolute Gasteiger partial charge is 0.493 e. The average Bonchev–Trinajstić information content (AvgIpc) is 3.30. The number of thiocarbonyl (C=S) groups is 1. The minimum atomic E-state index is -0.195. The van der Waals surface area contributed by atoms with Gasteiger partial charge >= 0.3 is 0 Å². The Labute approximate surface area is 183 Å². The fourth-order valence-corrected chi connectivity index (χ4v) is 4.20. The van der Waals surface area contributed by atoms with E-state index < -0.39 is 0 Å². The number of aromatic nitrogens is 2. The van der Waals surface area contributed by atoms with Gasteiger partial charge < -0.3 is 14.8 Å². The van der Waals surface area contributed by atoms with Crippen LogP contribution in [0.25, 0.3) is 17.3 Å². The van der Waals surface area contributed by atoms with Gasteiger partial charge in [0, 0.05) is 17.3 Å². The third-order valence-corrected chi connectivity index (χ3v) is 5.73. The number of benzene rings is 2. The molecule has 152 valence electrons. The summed E-state index contributed by atoms with van der Waals surface area (Å²) < 4.78 is 13.1. The van der Waals surface area contributed by atoms with E-state index in [1.54, 1.807) is 14.2 Å². The zero-order valence-electron chi connectivity index (χ0n) is 16.4. The topological polar surface area (TPSA) is 65.4 Å². The molecule has 3 aromatic rings. The summed E-state index contributed by atoms with van der Waals surface area (Å²) in [5.41, 5.74) is 3.55. The number of hydrogen-bond donors (Lipinski definition) is 1. The molecule has 2 aromatic carbocycles. The molecule has 0 spiro atoms. The van der Waals surface area contributed by atoms with Gasteiger partial charge in [0.05, 0.1) is 31.4 Å². The third-order valence-electron chi connectivity index (χ3n) is 4.56. The van der Waals surface area contributed by atoms with Crippen molar-refractivity contribution in [1.29, 1.82) is 0 Å². The maximum absolute atomic E-state index is 12.2. The minimum absolute atomic E-state index is 0.195. The summed E-state index contributed by atoms with van der Waals surface area (Å²) in [7, 11) is 3.19. The highest BCUT2D eigenvalue weighted by Gasteiger charge is 2.23. The van der Waals surface area contributed by atoms with Gasteiger partial charge in [-0.3, -0.25) is 9.48 Å². The molecule has 0 radical (unpaired) electrons. The van der Waals surface area contributed by atoms with Crippen LogP contribution in [0.5, 0.6) is 11.5 Å². The Morgan fingerprint density at radius 3 is 2.57 bits per heavy atom. The SMILES string of the molecule is COc1ccc(-c2nn(Cc3ccccc3)cc2/C=C2/SC(=S)NC2=O)cc1OC. The van der Waals surface area contributed by atoms with Gasteiger partial charge in [-0.25, -0.2) is 0 Å². The van der Waals surface area contributed by atoms with Crippen molar-refractivity contribution in [2.45, 2.75) is 6.54 Å². The lowest BCUT2D eigenvalue weighted by atomic mass is 10.1. The van der Waals surface area contributed by atoms with Gasteiger partial charge in [-0.15, -0.1) is 0 Å². The summed E-state index contributed by atoms with van der Waals surface area (Å²) in [4.78, 5) is 12.7. The number of nitrogens with zero attached hydrogens (tertiary/aromatic N) is 2. The molecule has 8 heteroatoms. The molecule has 2 heterocycles. The number of amides is 1. The highest BCUT2D eigenvalue weighted by molar-refractivity contribution is 8.26. The molecule has 30 heavy (non-hydrogen) atoms. The summed E-state index contributed by atoms with van der Waals surface area (Å²) in [5.74, 6) is 1.06. The summed E-state index contributed by atoms with van der Waals surface area (Å²) in [6, 6.07) is 15.7. The van der Waals surface area contributed by atoms with E-state index >= 15 is 0 Å². The summed E-state index contributed by atoms with van der Waals surface area (Å²) >= 11 is 6.36. The number of hydrogen-bond acceptors (Lipinski definition) is 6. The molecule has 1 saturated heterocycles. The van der Waals surface area contributed by atoms with Crippen molar-refractivity contribution in [3.8, 4) is 22.8 Å². The molecule has 1 aromatic heterocycles. The molecule has 0 atom stereocenters. The van der Waals surface area contributed by atoms with Gasteiger partial charge in [-0.2, -0.15) is 5.10 Å². The molecule has 4 rings (SSSR count). The predicted octanol–water partition coefficient (Wildman–Crippen LogP) is 4.10. The number of methoxy groups -OCH3 is 2. The molecular formula is C22H19N3O3S2. The first-order valence-electron chi connectivity index (χ1n) is 9.16. The van der Waals surface area contributed by atoms with Crippen LogP contribution in [0.1, 0.15) is 11.1 Å². The summed E-state index contributed by atoms with van der Waals surface area (Å²) in [6.45, 7) is 0.613. The fourth-order valence-electron chi connectivity index (χ4n) is 3.16. The van der Waals surface area contributed by atoms with Crippen LogP contribution in [-0.4, -0.2) is 34.2 Å². The van der Waals surface area contributed by atoms with E-state index in [0.29, 0.717) is 27.3 Å². The van der Waals surface area contributed by atoms with Crippen LogP contribution in [0.4, 0.5) is 0 Å². The van der Waals surface area contributed by atoms with Crippen LogP contribution >= 0.6 is 24.0 Å². The molecule has 1 aliphatic rings. The van der Waals surface area contributed by atoms with Gasteiger partial charge in [0.2, 0.25) is 0 Å². The van der Waals surface area contributed by atoms with Gasteiger partial charge in [0.25, 0.3) is 5.91 Å². The molecule has 1 aliphatic heterocycles. The van der Waals surface area contributed by atoms with Crippen LogP contribution in [0.2, 0.25) is 0 Å². The Bertz CT molecular complexity index is 1140. The lowest BCUT2D eigenvalue weighted by Crippen LogP contribution is -2.17. The Morgan fingerprint density at radius 2 is 1.90 bits per heavy atom. The number of carbonyl (C=O) groups excluding carboxylic acids is 1. The van der Waals surface area contributed by atoms with E-state index in [1.807, 2.05) is 53.4 Å². The molecule has 0 unspecified atom stereocenters. The van der Waals surface area contributed by atoms with E-state index in [1.165, 1.54) is 11.8 Å². The highest BCUT2D eigenvalue weighted by atomic mass is 32.2. The highest BCUT2D eigenvalue weighted by Crippen LogP contribution is 2.35. The normalized spacial score (nSPS) is 14.8. The van der Waals surface area contributed by atoms with E-state index in [9.17, 15) is 4.79 Å². The van der Waals surface area contributed by atoms with Crippen LogP contribution in [-0.2, 0) is 11.3 Å². The lowest BCUT2D eigenvalue weighted by molar-refractivity contribution is -0.115. The van der Waals surface area contributed by atoms with Crippen molar-refractivity contribution in [3.05, 3.63) is 70.8 Å². The molecule has 0 aliphatic carbocycles. The Balaban J connectivity index is 1.78. The monoisotopic (exact) mass is 437 g/mol. The Morgan fingerprint density at radius 1 is 1.13 bits per heavy atom. The number of rotatable bonds is 6. The van der Waals surface area contributed by atoms with Crippen LogP contribution in [0, 0.1) is 0 Å². The first kappa shape index (κ1) is 20.2. The standard InChI is InChI=1S/C22H19N3O3S2/c1-27-17-9-8-15(10-18(17)28-2)20-16(11-19-21(26)23-22(29)30-19)13-25(24-20)12-14-6-4-3-5-7-14/h3-11,13H,12H2,1-2H3,(H,23,26,29)/b19-11+. The quantitative estimate of drug-likeness (QED) is 0.463. The Kier molecular flexibility index (Phi) is 5.87. The second-order valence-corrected chi connectivity index (χ2v) is 8.26. The van der Waals surface area contributed by atoms with E-state index in [-0.39, 0.29) is 5.91 Å². The van der Waals surface area contributed by atoms with Gasteiger partial charge in [0.1, 0.15) is 4.32 Å². The molecular weight excluding hydrogens is 418 g/mol. The molecule has 0 bridgehead atoms. The third kappa shape index (κ3) is 4.24. The second kappa shape index (κ2) is 8.73. The second-order valence-electron chi connectivity index (χ2n) is 6.54. The van der Waals surface area contributed by atoms with Crippen molar-refractivity contribution >= 4 is 40.3 Å². The van der Waals surface area contributed by atoms with E-state index in [4.69, 9.17) is 26.8 Å². The number of thioether (sulfide) groups is 1. The van der Waals surface area contributed by atoms with Crippen molar-refractivity contribution in [2.24, 2.45) is 0 Å². The zero-order chi connectivity index (χ0) is 21.1. The smallest absolute Gasteiger partial charge is 0.263 e. The molecule has 0 saturated carbocycles. The number of ether oxygens (including phenoxy) is 2. The molecule has 1 fully saturated rings. The van der Waals surface area contributed by atoms with E-state index in [0.717, 1.165) is 22.4 Å². The van der Waals surface area contributed by atoms with Gasteiger partial charge in [0.15, 0.2) is 11.5 Å². The molecule has 1 amide bonds. The number of nitrogens with one attached hydrogen (secondary N) is 1. The van der Waals surface area contributed by atoms with Gasteiger partial charge in [-0.05, 0) is 29.8 Å². The molecule has 1 N–H and O–H groups in total. The van der Waals surface area contributed by atoms with Crippen LogP contribution < -0.4 is 14.8 Å². The van der Waals surface area contributed by atoms with Crippen molar-refractivity contribution in [3.63, 3.8) is 0 Å². The van der Waals surface area contributed by atoms with Gasteiger partial charge in [-0.1, -0.05) is 54.3 Å². The summed E-state index contributed by atoms with van der Waals surface area (Å²) in [6.07, 6.45) is 3.75. The lowest BCUT2D eigenvalue weighted by Gasteiger charge is -2.09. The molecule has 6 nitrogen and oxygen atoms in total. The van der Waals surface area contributed by atoms with Crippen LogP contribution in [0.15, 0.2) is 59.6 Å². The fraction of sp³-hybridized carbons (Fsp3) is 0.136. The van der Waals surface area contributed by atoms with Crippen molar-refractivity contribution < 1.29 is 14.3 Å². The van der Waals surface area contributed by atoms with E-state index in [2.05, 4.69) is 17.4 Å². The summed E-state index contributed by atoms with van der Waals surface area (Å²) in [5, 5.41) is 7.44. The average molecular weight is 438 g/mol. The first-order valence-corrected chi connectivity index (χ1v) is 10.4. The predicted molar refractivity (Wildman–Crippen MR) is 123 cm³/mol. The maximum Gasteiger partial charge on any atom is 0.263 e. The van der Waals surface area contributed by atoms with Crippen LogP contribution in [0.3, 0.4) is 0 Å². The zero-order valence-corrected chi connectivity index (χ0v) is 18.0. The van der Waals surface area contributed by atoms with Crippen molar-refractivity contribution in [1.82, 2.24) is 15.1 Å². The maximum atomic E-state index is 12.2.